The van der Waals surface area contributed by atoms with Gasteiger partial charge in [-0.05, 0) is 29.7 Å². The number of fused-ring (bicyclic) bond motifs is 1. The van der Waals surface area contributed by atoms with Crippen LogP contribution < -0.4 is 5.32 Å². The summed E-state index contributed by atoms with van der Waals surface area (Å²) in [5.41, 5.74) is 2.03. The smallest absolute Gasteiger partial charge is 0.330 e. The predicted molar refractivity (Wildman–Crippen MR) is 65.9 cm³/mol. The molecular formula is C13H13F3N2O2. The first-order valence-electron chi connectivity index (χ1n) is 6.03. The Bertz CT molecular complexity index is 555. The summed E-state index contributed by atoms with van der Waals surface area (Å²) in [5.74, 6) is -2.09. The van der Waals surface area contributed by atoms with Crippen LogP contribution in [0.15, 0.2) is 18.2 Å². The van der Waals surface area contributed by atoms with E-state index in [4.69, 9.17) is 0 Å². The molecule has 108 valence electrons. The van der Waals surface area contributed by atoms with E-state index in [0.717, 1.165) is 10.5 Å². The van der Waals surface area contributed by atoms with Gasteiger partial charge in [0.1, 0.15) is 0 Å². The van der Waals surface area contributed by atoms with E-state index in [-0.39, 0.29) is 19.0 Å². The molecule has 1 N–H and O–H groups in total. The van der Waals surface area contributed by atoms with Gasteiger partial charge < -0.3 is 10.2 Å². The Morgan fingerprint density at radius 2 is 1.95 bits per heavy atom. The zero-order valence-electron chi connectivity index (χ0n) is 10.8. The Balaban J connectivity index is 2.20. The number of hydrogen-bond donors (Lipinski definition) is 1. The van der Waals surface area contributed by atoms with Gasteiger partial charge in [0, 0.05) is 25.7 Å². The Morgan fingerprint density at radius 3 is 2.55 bits per heavy atom. The van der Waals surface area contributed by atoms with Gasteiger partial charge in [0.05, 0.1) is 0 Å². The van der Waals surface area contributed by atoms with E-state index >= 15 is 0 Å². The molecule has 0 fully saturated rings. The monoisotopic (exact) mass is 286 g/mol. The first-order chi connectivity index (χ1) is 9.27. The molecule has 20 heavy (non-hydrogen) atoms. The Labute approximate surface area is 113 Å². The Hall–Kier alpha value is -2.05. The Morgan fingerprint density at radius 1 is 1.25 bits per heavy atom. The van der Waals surface area contributed by atoms with Crippen LogP contribution >= 0.6 is 0 Å². The highest BCUT2D eigenvalue weighted by atomic mass is 19.4. The number of amides is 2. The number of anilines is 1. The van der Waals surface area contributed by atoms with Crippen LogP contribution in [0.3, 0.4) is 0 Å². The molecular weight excluding hydrogens is 273 g/mol. The van der Waals surface area contributed by atoms with Gasteiger partial charge in [-0.25, -0.2) is 0 Å². The van der Waals surface area contributed by atoms with Crippen LogP contribution in [0.25, 0.3) is 0 Å². The first kappa shape index (κ1) is 14.4. The summed E-state index contributed by atoms with van der Waals surface area (Å²) < 4.78 is 37.2. The third-order valence-corrected chi connectivity index (χ3v) is 3.07. The molecule has 0 saturated heterocycles. The molecule has 4 nitrogen and oxygen atoms in total. The van der Waals surface area contributed by atoms with Gasteiger partial charge in [0.2, 0.25) is 5.91 Å². The topological polar surface area (TPSA) is 49.4 Å². The van der Waals surface area contributed by atoms with Crippen LogP contribution in [0.5, 0.6) is 0 Å². The molecule has 0 radical (unpaired) electrons. The van der Waals surface area contributed by atoms with Crippen molar-refractivity contribution in [2.24, 2.45) is 0 Å². The lowest BCUT2D eigenvalue weighted by Gasteiger charge is -2.29. The lowest BCUT2D eigenvalue weighted by atomic mass is 9.99. The normalized spacial score (nSPS) is 14.7. The zero-order valence-corrected chi connectivity index (χ0v) is 10.8. The minimum atomic E-state index is -4.85. The van der Waals surface area contributed by atoms with E-state index in [0.29, 0.717) is 17.7 Å². The van der Waals surface area contributed by atoms with E-state index in [1.165, 1.54) is 6.92 Å². The highest BCUT2D eigenvalue weighted by Crippen LogP contribution is 2.26. The number of hydrogen-bond acceptors (Lipinski definition) is 2. The second-order valence-corrected chi connectivity index (χ2v) is 4.64. The molecule has 0 bridgehead atoms. The molecule has 0 atom stereocenters. The van der Waals surface area contributed by atoms with Crippen LogP contribution in [-0.2, 0) is 22.6 Å². The summed E-state index contributed by atoms with van der Waals surface area (Å²) >= 11 is 0. The predicted octanol–water partition coefficient (Wildman–Crippen LogP) is 2.09. The number of halogens is 3. The number of nitrogens with zero attached hydrogens (tertiary/aromatic N) is 1. The zero-order chi connectivity index (χ0) is 14.9. The molecule has 1 aliphatic heterocycles. The van der Waals surface area contributed by atoms with Crippen molar-refractivity contribution in [3.05, 3.63) is 29.3 Å². The minimum absolute atomic E-state index is 0.0465. The summed E-state index contributed by atoms with van der Waals surface area (Å²) in [4.78, 5) is 23.0. The van der Waals surface area contributed by atoms with Gasteiger partial charge in [-0.2, -0.15) is 13.2 Å². The molecule has 0 spiro atoms. The van der Waals surface area contributed by atoms with Crippen LogP contribution in [0.4, 0.5) is 18.9 Å². The van der Waals surface area contributed by atoms with Crippen LogP contribution in [-0.4, -0.2) is 29.4 Å². The first-order valence-corrected chi connectivity index (χ1v) is 6.03. The van der Waals surface area contributed by atoms with Crippen LogP contribution in [0, 0.1) is 0 Å². The van der Waals surface area contributed by atoms with Gasteiger partial charge in [-0.15, -0.1) is 0 Å². The minimum Gasteiger partial charge on any atom is -0.330 e. The summed E-state index contributed by atoms with van der Waals surface area (Å²) in [7, 11) is 0. The van der Waals surface area contributed by atoms with Gasteiger partial charge in [-0.3, -0.25) is 9.59 Å². The Kier molecular flexibility index (Phi) is 3.69. The maximum atomic E-state index is 12.4. The van der Waals surface area contributed by atoms with Crippen molar-refractivity contribution in [2.75, 3.05) is 11.9 Å². The van der Waals surface area contributed by atoms with Gasteiger partial charge >= 0.3 is 12.1 Å². The van der Waals surface area contributed by atoms with E-state index < -0.39 is 12.1 Å². The molecule has 7 heteroatoms. The lowest BCUT2D eigenvalue weighted by Crippen LogP contribution is -2.43. The maximum Gasteiger partial charge on any atom is 0.471 e. The average molecular weight is 286 g/mol. The SMILES string of the molecule is CC(=O)Nc1ccc2c(c1)CN(C(=O)C(F)(F)F)CC2. The third kappa shape index (κ3) is 3.09. The second kappa shape index (κ2) is 5.15. The van der Waals surface area contributed by atoms with Crippen molar-refractivity contribution in [3.63, 3.8) is 0 Å². The highest BCUT2D eigenvalue weighted by Gasteiger charge is 2.43. The quantitative estimate of drug-likeness (QED) is 0.859. The average Bonchev–Trinajstić information content (AvgIpc) is 2.35. The summed E-state index contributed by atoms with van der Waals surface area (Å²) in [5, 5.41) is 2.56. The van der Waals surface area contributed by atoms with Gasteiger partial charge in [-0.1, -0.05) is 6.07 Å². The van der Waals surface area contributed by atoms with Crippen molar-refractivity contribution in [3.8, 4) is 0 Å². The maximum absolute atomic E-state index is 12.4. The number of benzene rings is 1. The van der Waals surface area contributed by atoms with Crippen molar-refractivity contribution in [2.45, 2.75) is 26.1 Å². The molecule has 0 unspecified atom stereocenters. The summed E-state index contributed by atoms with van der Waals surface area (Å²) in [6.07, 6.45) is -4.48. The molecule has 1 heterocycles. The van der Waals surface area contributed by atoms with E-state index in [1.54, 1.807) is 18.2 Å². The van der Waals surface area contributed by atoms with Crippen molar-refractivity contribution >= 4 is 17.5 Å². The molecule has 0 saturated carbocycles. The summed E-state index contributed by atoms with van der Waals surface area (Å²) in [6.45, 7) is 1.30. The fraction of sp³-hybridized carbons (Fsp3) is 0.385. The third-order valence-electron chi connectivity index (χ3n) is 3.07. The number of nitrogens with one attached hydrogen (secondary N) is 1. The standard InChI is InChI=1S/C13H13F3N2O2/c1-8(19)17-11-3-2-9-4-5-18(7-10(9)6-11)12(20)13(14,15)16/h2-3,6H,4-5,7H2,1H3,(H,17,19). The summed E-state index contributed by atoms with van der Waals surface area (Å²) in [6, 6.07) is 5.06. The van der Waals surface area contributed by atoms with E-state index in [9.17, 15) is 22.8 Å². The fourth-order valence-corrected chi connectivity index (χ4v) is 2.19. The molecule has 0 aromatic heterocycles. The largest absolute Gasteiger partial charge is 0.471 e. The van der Waals surface area contributed by atoms with Crippen molar-refractivity contribution < 1.29 is 22.8 Å². The molecule has 0 aliphatic carbocycles. The number of alkyl halides is 3. The van der Waals surface area contributed by atoms with Crippen molar-refractivity contribution in [1.29, 1.82) is 0 Å². The lowest BCUT2D eigenvalue weighted by molar-refractivity contribution is -0.186. The van der Waals surface area contributed by atoms with Gasteiger partial charge in [0.25, 0.3) is 0 Å². The number of carbonyl (C=O) groups excluding carboxylic acids is 2. The van der Waals surface area contributed by atoms with Gasteiger partial charge in [0.15, 0.2) is 0 Å². The second-order valence-electron chi connectivity index (χ2n) is 4.64. The van der Waals surface area contributed by atoms with Crippen molar-refractivity contribution in [1.82, 2.24) is 4.90 Å². The molecule has 2 amide bonds. The number of rotatable bonds is 1. The molecule has 2 rings (SSSR count). The van der Waals surface area contributed by atoms with Crippen LogP contribution in [0.1, 0.15) is 18.1 Å². The molecule has 1 aromatic rings. The van der Waals surface area contributed by atoms with E-state index in [1.807, 2.05) is 0 Å². The number of carbonyl (C=O) groups is 2. The highest BCUT2D eigenvalue weighted by molar-refractivity contribution is 5.88. The van der Waals surface area contributed by atoms with E-state index in [2.05, 4.69) is 5.32 Å². The van der Waals surface area contributed by atoms with Crippen LogP contribution in [0.2, 0.25) is 0 Å². The molecule has 1 aliphatic rings. The fourth-order valence-electron chi connectivity index (χ4n) is 2.19. The molecule has 1 aromatic carbocycles.